The molecule has 2 aromatic rings. The average molecular weight is 488 g/mol. The molecule has 8 heteroatoms. The highest BCUT2D eigenvalue weighted by Gasteiger charge is 2.40. The highest BCUT2D eigenvalue weighted by atomic mass is 35.5. The van der Waals surface area contributed by atoms with E-state index in [4.69, 9.17) is 17.3 Å². The van der Waals surface area contributed by atoms with Crippen LogP contribution in [0.3, 0.4) is 0 Å². The van der Waals surface area contributed by atoms with Gasteiger partial charge in [-0.3, -0.25) is 19.4 Å². The molecular weight excluding hydrogens is 450 g/mol. The van der Waals surface area contributed by atoms with E-state index >= 15 is 0 Å². The van der Waals surface area contributed by atoms with E-state index in [0.717, 1.165) is 44.5 Å². The Morgan fingerprint density at radius 2 is 1.76 bits per heavy atom. The van der Waals surface area contributed by atoms with Gasteiger partial charge in [-0.05, 0) is 45.7 Å². The van der Waals surface area contributed by atoms with Crippen molar-refractivity contribution in [3.8, 4) is 0 Å². The van der Waals surface area contributed by atoms with Crippen LogP contribution in [0.1, 0.15) is 69.3 Å². The smallest absolute Gasteiger partial charge is 0.253 e. The van der Waals surface area contributed by atoms with Crippen molar-refractivity contribution < 1.29 is 9.59 Å². The van der Waals surface area contributed by atoms with Crippen molar-refractivity contribution in [1.82, 2.24) is 19.7 Å². The molecule has 34 heavy (non-hydrogen) atoms. The summed E-state index contributed by atoms with van der Waals surface area (Å²) in [4.78, 5) is 30.5. The largest absolute Gasteiger partial charge is 0.368 e. The molecule has 2 fully saturated rings. The zero-order valence-corrected chi connectivity index (χ0v) is 21.4. The van der Waals surface area contributed by atoms with Crippen molar-refractivity contribution >= 4 is 34.3 Å². The molecular formula is C26H38ClN5O2. The number of benzene rings is 1. The number of amides is 2. The van der Waals surface area contributed by atoms with Gasteiger partial charge in [0.05, 0.1) is 16.1 Å². The topological polar surface area (TPSA) is 83.6 Å². The quantitative estimate of drug-likeness (QED) is 0.622. The van der Waals surface area contributed by atoms with Crippen LogP contribution in [0.25, 0.3) is 10.9 Å². The van der Waals surface area contributed by atoms with Crippen LogP contribution in [-0.2, 0) is 4.79 Å². The van der Waals surface area contributed by atoms with E-state index in [0.29, 0.717) is 28.6 Å². The summed E-state index contributed by atoms with van der Waals surface area (Å²) in [5.41, 5.74) is 6.79. The third-order valence-electron chi connectivity index (χ3n) is 7.96. The molecule has 0 spiro atoms. The molecule has 1 aliphatic carbocycles. The van der Waals surface area contributed by atoms with Crippen molar-refractivity contribution in [3.05, 3.63) is 35.0 Å². The standard InChI is InChI=1S/C26H38ClN5O2/c1-18(2)30-12-14-31(15-13-30)26(10-5-4-6-11-26)17-29-25(34)20-16-32(19(3)24(28)33)22-9-7-8-21(27)23(20)22/h7-9,16,18-19H,4-6,10-15,17H2,1-3H3,(H2,28,33)(H,29,34). The van der Waals surface area contributed by atoms with Gasteiger partial charge in [0, 0.05) is 55.9 Å². The Bertz CT molecular complexity index is 1040. The number of hydrogen-bond donors (Lipinski definition) is 2. The Morgan fingerprint density at radius 1 is 1.09 bits per heavy atom. The Balaban J connectivity index is 1.56. The van der Waals surface area contributed by atoms with Gasteiger partial charge in [0.1, 0.15) is 6.04 Å². The lowest BCUT2D eigenvalue weighted by Gasteiger charge is -2.50. The third kappa shape index (κ3) is 4.83. The number of halogens is 1. The SMILES string of the molecule is CC(C)N1CCN(C2(CNC(=O)c3cn(C(C)C(N)=O)c4cccc(Cl)c34)CCCCC2)CC1. The lowest BCUT2D eigenvalue weighted by atomic mass is 9.79. The minimum absolute atomic E-state index is 0.000338. The van der Waals surface area contributed by atoms with Gasteiger partial charge in [-0.25, -0.2) is 0 Å². The summed E-state index contributed by atoms with van der Waals surface area (Å²) in [6.45, 7) is 11.1. The van der Waals surface area contributed by atoms with E-state index in [1.54, 1.807) is 23.8 Å². The first-order valence-electron chi connectivity index (χ1n) is 12.6. The van der Waals surface area contributed by atoms with Crippen LogP contribution in [0.5, 0.6) is 0 Å². The maximum absolute atomic E-state index is 13.5. The number of nitrogens with zero attached hydrogens (tertiary/aromatic N) is 3. The van der Waals surface area contributed by atoms with Crippen LogP contribution < -0.4 is 11.1 Å². The van der Waals surface area contributed by atoms with Crippen LogP contribution in [-0.4, -0.2) is 70.5 Å². The summed E-state index contributed by atoms with van der Waals surface area (Å²) in [6, 6.07) is 5.45. The fourth-order valence-corrected chi connectivity index (χ4v) is 6.04. The number of primary amides is 1. The van der Waals surface area contributed by atoms with Gasteiger partial charge < -0.3 is 15.6 Å². The first-order valence-corrected chi connectivity index (χ1v) is 13.0. The third-order valence-corrected chi connectivity index (χ3v) is 8.27. The molecule has 2 amide bonds. The van der Waals surface area contributed by atoms with Crippen LogP contribution in [0.4, 0.5) is 0 Å². The number of aromatic nitrogens is 1. The number of hydrogen-bond acceptors (Lipinski definition) is 4. The number of rotatable bonds is 7. The molecule has 0 bridgehead atoms. The Labute approximate surface area is 207 Å². The minimum Gasteiger partial charge on any atom is -0.368 e. The fourth-order valence-electron chi connectivity index (χ4n) is 5.76. The fraction of sp³-hybridized carbons (Fsp3) is 0.615. The molecule has 1 aromatic carbocycles. The predicted molar refractivity (Wildman–Crippen MR) is 137 cm³/mol. The monoisotopic (exact) mass is 487 g/mol. The molecule has 1 aromatic heterocycles. The molecule has 1 atom stereocenters. The number of nitrogens with one attached hydrogen (secondary N) is 1. The molecule has 2 heterocycles. The summed E-state index contributed by atoms with van der Waals surface area (Å²) in [5.74, 6) is -0.607. The Kier molecular flexibility index (Phi) is 7.55. The van der Waals surface area contributed by atoms with Crippen LogP contribution in [0.15, 0.2) is 24.4 Å². The number of carbonyl (C=O) groups excluding carboxylic acids is 2. The van der Waals surface area contributed by atoms with Crippen LogP contribution >= 0.6 is 11.6 Å². The van der Waals surface area contributed by atoms with Crippen LogP contribution in [0.2, 0.25) is 5.02 Å². The van der Waals surface area contributed by atoms with E-state index < -0.39 is 11.9 Å². The Hall–Kier alpha value is -2.09. The van der Waals surface area contributed by atoms with Gasteiger partial charge >= 0.3 is 0 Å². The van der Waals surface area contributed by atoms with E-state index in [2.05, 4.69) is 29.0 Å². The second kappa shape index (κ2) is 10.3. The van der Waals surface area contributed by atoms with E-state index in [-0.39, 0.29) is 11.4 Å². The van der Waals surface area contributed by atoms with Crippen LogP contribution in [0, 0.1) is 0 Å². The average Bonchev–Trinajstić information content (AvgIpc) is 3.23. The molecule has 1 saturated heterocycles. The van der Waals surface area contributed by atoms with Crippen molar-refractivity contribution in [1.29, 1.82) is 0 Å². The zero-order valence-electron chi connectivity index (χ0n) is 20.6. The van der Waals surface area contributed by atoms with Gasteiger partial charge in [-0.1, -0.05) is 36.9 Å². The number of nitrogens with two attached hydrogens (primary N) is 1. The van der Waals surface area contributed by atoms with Crippen molar-refractivity contribution in [3.63, 3.8) is 0 Å². The molecule has 1 aliphatic heterocycles. The number of carbonyl (C=O) groups is 2. The van der Waals surface area contributed by atoms with Gasteiger partial charge in [0.15, 0.2) is 0 Å². The number of piperazine rings is 1. The van der Waals surface area contributed by atoms with Crippen molar-refractivity contribution in [2.75, 3.05) is 32.7 Å². The number of fused-ring (bicyclic) bond motifs is 1. The summed E-state index contributed by atoms with van der Waals surface area (Å²) < 4.78 is 1.75. The molecule has 1 saturated carbocycles. The maximum Gasteiger partial charge on any atom is 0.253 e. The highest BCUT2D eigenvalue weighted by Crippen LogP contribution is 2.35. The molecule has 186 valence electrons. The minimum atomic E-state index is -0.579. The summed E-state index contributed by atoms with van der Waals surface area (Å²) in [7, 11) is 0. The molecule has 3 N–H and O–H groups in total. The molecule has 2 aliphatic rings. The maximum atomic E-state index is 13.5. The molecule has 4 rings (SSSR count). The first-order chi connectivity index (χ1) is 16.2. The molecule has 1 unspecified atom stereocenters. The first kappa shape index (κ1) is 25.0. The second-order valence-corrected chi connectivity index (χ2v) is 10.7. The van der Waals surface area contributed by atoms with Gasteiger partial charge in [-0.15, -0.1) is 0 Å². The van der Waals surface area contributed by atoms with Gasteiger partial charge in [0.2, 0.25) is 5.91 Å². The second-order valence-electron chi connectivity index (χ2n) is 10.2. The Morgan fingerprint density at radius 3 is 2.38 bits per heavy atom. The molecule has 7 nitrogen and oxygen atoms in total. The van der Waals surface area contributed by atoms with Gasteiger partial charge in [0.25, 0.3) is 5.91 Å². The van der Waals surface area contributed by atoms with Crippen molar-refractivity contribution in [2.24, 2.45) is 5.73 Å². The lowest BCUT2D eigenvalue weighted by molar-refractivity contribution is -0.120. The lowest BCUT2D eigenvalue weighted by Crippen LogP contribution is -2.62. The van der Waals surface area contributed by atoms with Gasteiger partial charge in [-0.2, -0.15) is 0 Å². The highest BCUT2D eigenvalue weighted by molar-refractivity contribution is 6.36. The summed E-state index contributed by atoms with van der Waals surface area (Å²) in [6.07, 6.45) is 7.58. The van der Waals surface area contributed by atoms with E-state index in [1.807, 2.05) is 12.1 Å². The van der Waals surface area contributed by atoms with E-state index in [9.17, 15) is 9.59 Å². The zero-order chi connectivity index (χ0) is 24.5. The normalized spacial score (nSPS) is 20.5. The predicted octanol–water partition coefficient (Wildman–Crippen LogP) is 3.80. The van der Waals surface area contributed by atoms with Crippen molar-refractivity contribution in [2.45, 2.75) is 70.5 Å². The molecule has 0 radical (unpaired) electrons. The summed E-state index contributed by atoms with van der Waals surface area (Å²) >= 11 is 6.52. The summed E-state index contributed by atoms with van der Waals surface area (Å²) in [5, 5.41) is 4.42. The van der Waals surface area contributed by atoms with E-state index in [1.165, 1.54) is 19.3 Å².